The molecule has 0 aliphatic rings. The van der Waals surface area contributed by atoms with Gasteiger partial charge in [0.2, 0.25) is 5.78 Å². The minimum atomic E-state index is -0.151. The third-order valence-corrected chi connectivity index (χ3v) is 3.57. The highest BCUT2D eigenvalue weighted by atomic mass is 16.5. The van der Waals surface area contributed by atoms with Crippen molar-refractivity contribution < 1.29 is 13.9 Å². The number of aromatic nitrogens is 2. The summed E-state index contributed by atoms with van der Waals surface area (Å²) < 4.78 is 12.6. The molecule has 0 atom stereocenters. The van der Waals surface area contributed by atoms with Crippen molar-refractivity contribution in [3.63, 3.8) is 0 Å². The van der Waals surface area contributed by atoms with Gasteiger partial charge in [0.05, 0.1) is 18.9 Å². The molecule has 0 unspecified atom stereocenters. The van der Waals surface area contributed by atoms with Gasteiger partial charge in [-0.1, -0.05) is 0 Å². The lowest BCUT2D eigenvalue weighted by atomic mass is 10.1. The summed E-state index contributed by atoms with van der Waals surface area (Å²) in [6.07, 6.45) is 3.30. The van der Waals surface area contributed by atoms with Crippen LogP contribution in [0.15, 0.2) is 35.0 Å². The Bertz CT molecular complexity index is 814. The fraction of sp³-hybridized carbons (Fsp3) is 0.250. The lowest BCUT2D eigenvalue weighted by Crippen LogP contribution is -2.00. The number of carbonyl (C=O) groups is 1. The van der Waals surface area contributed by atoms with E-state index in [2.05, 4.69) is 5.10 Å². The van der Waals surface area contributed by atoms with E-state index >= 15 is 0 Å². The first-order chi connectivity index (χ1) is 10.1. The van der Waals surface area contributed by atoms with Crippen molar-refractivity contribution in [1.82, 2.24) is 9.78 Å². The molecule has 3 rings (SSSR count). The van der Waals surface area contributed by atoms with Crippen molar-refractivity contribution >= 4 is 16.8 Å². The summed E-state index contributed by atoms with van der Waals surface area (Å²) in [4.78, 5) is 12.5. The van der Waals surface area contributed by atoms with Gasteiger partial charge in [-0.2, -0.15) is 5.10 Å². The highest BCUT2D eigenvalue weighted by molar-refractivity contribution is 6.10. The number of methoxy groups -OCH3 is 1. The van der Waals surface area contributed by atoms with Crippen molar-refractivity contribution in [2.24, 2.45) is 0 Å². The van der Waals surface area contributed by atoms with Crippen molar-refractivity contribution in [1.29, 1.82) is 0 Å². The zero-order valence-electron chi connectivity index (χ0n) is 12.2. The average molecular weight is 284 g/mol. The van der Waals surface area contributed by atoms with Gasteiger partial charge in [-0.05, 0) is 26.0 Å². The summed E-state index contributed by atoms with van der Waals surface area (Å²) in [5.41, 5.74) is 2.02. The summed E-state index contributed by atoms with van der Waals surface area (Å²) in [5, 5.41) is 5.04. The molecule has 0 bridgehead atoms. The van der Waals surface area contributed by atoms with Crippen molar-refractivity contribution in [3.8, 4) is 5.75 Å². The molecule has 0 spiro atoms. The second-order valence-corrected chi connectivity index (χ2v) is 4.83. The van der Waals surface area contributed by atoms with Crippen LogP contribution in [0.3, 0.4) is 0 Å². The van der Waals surface area contributed by atoms with Gasteiger partial charge in [0, 0.05) is 29.8 Å². The van der Waals surface area contributed by atoms with E-state index in [1.807, 2.05) is 26.0 Å². The lowest BCUT2D eigenvalue weighted by molar-refractivity contribution is 0.101. The molecule has 5 nitrogen and oxygen atoms in total. The third-order valence-electron chi connectivity index (χ3n) is 3.57. The van der Waals surface area contributed by atoms with Crippen LogP contribution < -0.4 is 4.74 Å². The molecular formula is C16H16N2O3. The monoisotopic (exact) mass is 284 g/mol. The number of ether oxygens (including phenoxy) is 1. The molecule has 0 aliphatic heterocycles. The Hall–Kier alpha value is -2.56. The van der Waals surface area contributed by atoms with Crippen LogP contribution in [0.2, 0.25) is 0 Å². The van der Waals surface area contributed by atoms with Gasteiger partial charge < -0.3 is 9.15 Å². The zero-order valence-corrected chi connectivity index (χ0v) is 12.2. The maximum absolute atomic E-state index is 12.5. The summed E-state index contributed by atoms with van der Waals surface area (Å²) in [6, 6.07) is 5.54. The maximum Gasteiger partial charge on any atom is 0.231 e. The predicted molar refractivity (Wildman–Crippen MR) is 78.8 cm³/mol. The molecule has 1 aromatic carbocycles. The van der Waals surface area contributed by atoms with Gasteiger partial charge in [-0.3, -0.25) is 9.48 Å². The molecular weight excluding hydrogens is 268 g/mol. The fourth-order valence-electron chi connectivity index (χ4n) is 2.33. The number of nitrogens with zero attached hydrogens (tertiary/aromatic N) is 2. The lowest BCUT2D eigenvalue weighted by Gasteiger charge is -1.97. The number of ketones is 1. The summed E-state index contributed by atoms with van der Waals surface area (Å²) in [5.74, 6) is 0.908. The van der Waals surface area contributed by atoms with E-state index in [1.165, 1.54) is 0 Å². The molecule has 0 aliphatic carbocycles. The summed E-state index contributed by atoms with van der Waals surface area (Å²) in [7, 11) is 1.60. The molecule has 5 heteroatoms. The number of rotatable bonds is 4. The molecule has 0 amide bonds. The van der Waals surface area contributed by atoms with Crippen LogP contribution >= 0.6 is 0 Å². The largest absolute Gasteiger partial charge is 0.497 e. The third kappa shape index (κ3) is 2.20. The van der Waals surface area contributed by atoms with E-state index in [1.54, 1.807) is 30.3 Å². The number of carbonyl (C=O) groups excluding carboxylic acids is 1. The number of aryl methyl sites for hydroxylation is 2. The smallest absolute Gasteiger partial charge is 0.231 e. The maximum atomic E-state index is 12.5. The van der Waals surface area contributed by atoms with E-state index in [0.717, 1.165) is 17.5 Å². The van der Waals surface area contributed by atoms with Crippen LogP contribution in [0.5, 0.6) is 5.75 Å². The minimum absolute atomic E-state index is 0.151. The first-order valence-corrected chi connectivity index (χ1v) is 6.78. The van der Waals surface area contributed by atoms with Gasteiger partial charge >= 0.3 is 0 Å². The Morgan fingerprint density at radius 2 is 2.24 bits per heavy atom. The second-order valence-electron chi connectivity index (χ2n) is 4.83. The number of fused-ring (bicyclic) bond motifs is 1. The van der Waals surface area contributed by atoms with Gasteiger partial charge in [0.25, 0.3) is 0 Å². The Morgan fingerprint density at radius 1 is 1.43 bits per heavy atom. The number of benzene rings is 1. The number of furan rings is 1. The molecule has 0 saturated heterocycles. The summed E-state index contributed by atoms with van der Waals surface area (Å²) >= 11 is 0. The quantitative estimate of drug-likeness (QED) is 0.690. The molecule has 0 fully saturated rings. The van der Waals surface area contributed by atoms with Crippen LogP contribution in [0.1, 0.15) is 28.6 Å². The fourth-order valence-corrected chi connectivity index (χ4v) is 2.33. The number of hydrogen-bond donors (Lipinski definition) is 0. The van der Waals surface area contributed by atoms with E-state index in [9.17, 15) is 4.79 Å². The van der Waals surface area contributed by atoms with E-state index in [-0.39, 0.29) is 5.78 Å². The Morgan fingerprint density at radius 3 is 2.90 bits per heavy atom. The van der Waals surface area contributed by atoms with Crippen LogP contribution in [-0.4, -0.2) is 22.7 Å². The van der Waals surface area contributed by atoms with Gasteiger partial charge in [0.1, 0.15) is 11.3 Å². The van der Waals surface area contributed by atoms with Crippen LogP contribution in [0.4, 0.5) is 0 Å². The summed E-state index contributed by atoms with van der Waals surface area (Å²) in [6.45, 7) is 4.58. The highest BCUT2D eigenvalue weighted by Gasteiger charge is 2.20. The first-order valence-electron chi connectivity index (χ1n) is 6.78. The average Bonchev–Trinajstić information content (AvgIpc) is 3.11. The Balaban J connectivity index is 2.07. The minimum Gasteiger partial charge on any atom is -0.497 e. The normalized spacial score (nSPS) is 11.0. The van der Waals surface area contributed by atoms with Crippen LogP contribution in [-0.2, 0) is 6.54 Å². The van der Waals surface area contributed by atoms with Gasteiger partial charge in [-0.15, -0.1) is 0 Å². The Labute approximate surface area is 122 Å². The zero-order chi connectivity index (χ0) is 15.0. The van der Waals surface area contributed by atoms with E-state index in [4.69, 9.17) is 9.15 Å². The van der Waals surface area contributed by atoms with E-state index in [0.29, 0.717) is 22.7 Å². The van der Waals surface area contributed by atoms with Crippen molar-refractivity contribution in [2.45, 2.75) is 20.4 Å². The highest BCUT2D eigenvalue weighted by Crippen LogP contribution is 2.29. The predicted octanol–water partition coefficient (Wildman–Crippen LogP) is 3.20. The van der Waals surface area contributed by atoms with E-state index < -0.39 is 0 Å². The molecule has 21 heavy (non-hydrogen) atoms. The topological polar surface area (TPSA) is 57.3 Å². The molecule has 0 saturated carbocycles. The second kappa shape index (κ2) is 5.09. The van der Waals surface area contributed by atoms with Crippen LogP contribution in [0.25, 0.3) is 11.0 Å². The molecule has 3 aromatic rings. The Kier molecular flexibility index (Phi) is 3.25. The molecule has 2 heterocycles. The van der Waals surface area contributed by atoms with Crippen molar-refractivity contribution in [3.05, 3.63) is 47.5 Å². The molecule has 0 radical (unpaired) electrons. The number of hydrogen-bond acceptors (Lipinski definition) is 4. The standard InChI is InChI=1S/C16H16N2O3/c1-4-18-9-11(8-17-18)15(19)16-10(2)13-6-5-12(20-3)7-14(13)21-16/h5-9H,4H2,1-3H3. The molecule has 0 N–H and O–H groups in total. The molecule has 2 aromatic heterocycles. The van der Waals surface area contributed by atoms with Crippen LogP contribution in [0, 0.1) is 6.92 Å². The van der Waals surface area contributed by atoms with Gasteiger partial charge in [-0.25, -0.2) is 0 Å². The first kappa shape index (κ1) is 13.4. The molecule has 108 valence electrons. The SMILES string of the molecule is CCn1cc(C(=O)c2oc3cc(OC)ccc3c2C)cn1. The van der Waals surface area contributed by atoms with Gasteiger partial charge in [0.15, 0.2) is 5.76 Å². The van der Waals surface area contributed by atoms with Crippen molar-refractivity contribution in [2.75, 3.05) is 7.11 Å².